The van der Waals surface area contributed by atoms with Crippen molar-refractivity contribution in [3.8, 4) is 0 Å². The minimum absolute atomic E-state index is 0. The van der Waals surface area contributed by atoms with Gasteiger partial charge in [-0.25, -0.2) is 13.4 Å². The molecule has 152 valence electrons. The van der Waals surface area contributed by atoms with Gasteiger partial charge >= 0.3 is 0 Å². The first kappa shape index (κ1) is 25.2. The molecule has 7 nitrogen and oxygen atoms in total. The molecule has 2 N–H and O–H groups in total. The van der Waals surface area contributed by atoms with Crippen LogP contribution in [-0.2, 0) is 36.3 Å². The number of nitrogens with zero attached hydrogens (tertiary/aromatic N) is 3. The monoisotopic (exact) mass is 499 g/mol. The van der Waals surface area contributed by atoms with Gasteiger partial charge in [0.2, 0.25) is 0 Å². The molecule has 0 amide bonds. The van der Waals surface area contributed by atoms with Gasteiger partial charge in [0, 0.05) is 37.1 Å². The topological polar surface area (TPSA) is 88.4 Å². The molecule has 1 atom stereocenters. The summed E-state index contributed by atoms with van der Waals surface area (Å²) >= 11 is 0. The third-order valence-electron chi connectivity index (χ3n) is 4.07. The summed E-state index contributed by atoms with van der Waals surface area (Å²) in [6.07, 6.45) is 3.62. The molecule has 1 unspecified atom stereocenters. The molecule has 1 aromatic heterocycles. The van der Waals surface area contributed by atoms with Gasteiger partial charge in [0.25, 0.3) is 0 Å². The lowest BCUT2D eigenvalue weighted by atomic mass is 10.1. The first-order valence-electron chi connectivity index (χ1n) is 8.97. The third kappa shape index (κ3) is 8.24. The van der Waals surface area contributed by atoms with Gasteiger partial charge in [-0.05, 0) is 33.1 Å². The van der Waals surface area contributed by atoms with Gasteiger partial charge in [-0.2, -0.15) is 5.10 Å². The molecule has 1 aromatic rings. The van der Waals surface area contributed by atoms with Gasteiger partial charge < -0.3 is 10.6 Å². The molecule has 0 bridgehead atoms. The van der Waals surface area contributed by atoms with Crippen LogP contribution in [0.1, 0.15) is 51.1 Å². The zero-order valence-electron chi connectivity index (χ0n) is 16.8. The Morgan fingerprint density at radius 1 is 1.27 bits per heavy atom. The molecule has 0 radical (unpaired) electrons. The molecule has 0 aliphatic carbocycles. The highest BCUT2D eigenvalue weighted by molar-refractivity contribution is 14.0. The molecule has 26 heavy (non-hydrogen) atoms. The summed E-state index contributed by atoms with van der Waals surface area (Å²) in [5, 5.41) is 11.1. The second kappa shape index (κ2) is 11.8. The molecule has 0 saturated heterocycles. The van der Waals surface area contributed by atoms with Gasteiger partial charge in [-0.3, -0.25) is 4.68 Å². The number of halogens is 1. The molecule has 0 fully saturated rings. The van der Waals surface area contributed by atoms with E-state index in [2.05, 4.69) is 29.6 Å². The Morgan fingerprint density at radius 2 is 1.92 bits per heavy atom. The zero-order chi connectivity index (χ0) is 19.0. The van der Waals surface area contributed by atoms with Crippen molar-refractivity contribution in [2.24, 2.45) is 12.0 Å². The van der Waals surface area contributed by atoms with Gasteiger partial charge in [0.1, 0.15) is 9.84 Å². The number of aliphatic imine (C=N–C) groups is 1. The number of rotatable bonds is 9. The average Bonchev–Trinajstić information content (AvgIpc) is 2.85. The maximum Gasteiger partial charge on any atom is 0.191 e. The number of nitrogens with one attached hydrogen (secondary N) is 2. The number of hydrogen-bond donors (Lipinski definition) is 2. The summed E-state index contributed by atoms with van der Waals surface area (Å²) in [4.78, 5) is 4.69. The van der Waals surface area contributed by atoms with E-state index in [1.54, 1.807) is 0 Å². The highest BCUT2D eigenvalue weighted by Gasteiger charge is 2.14. The van der Waals surface area contributed by atoms with Crippen molar-refractivity contribution in [1.82, 2.24) is 20.4 Å². The Bertz CT molecular complexity index is 686. The van der Waals surface area contributed by atoms with Crippen LogP contribution in [0.25, 0.3) is 0 Å². The lowest BCUT2D eigenvalue weighted by molar-refractivity contribution is 0.581. The van der Waals surface area contributed by atoms with E-state index in [-0.39, 0.29) is 35.8 Å². The van der Waals surface area contributed by atoms with Gasteiger partial charge in [-0.1, -0.05) is 13.8 Å². The smallest absolute Gasteiger partial charge is 0.191 e. The van der Waals surface area contributed by atoms with Crippen molar-refractivity contribution in [3.05, 3.63) is 17.0 Å². The summed E-state index contributed by atoms with van der Waals surface area (Å²) in [6, 6.07) is 0.0257. The van der Waals surface area contributed by atoms with Crippen LogP contribution in [0.15, 0.2) is 4.99 Å². The fourth-order valence-electron chi connectivity index (χ4n) is 2.75. The molecule has 9 heteroatoms. The lowest BCUT2D eigenvalue weighted by Crippen LogP contribution is -2.42. The molecule has 0 aliphatic rings. The van der Waals surface area contributed by atoms with Crippen molar-refractivity contribution in [3.63, 3.8) is 0 Å². The fourth-order valence-corrected chi connectivity index (χ4v) is 3.53. The Balaban J connectivity index is 0.00000625. The van der Waals surface area contributed by atoms with Gasteiger partial charge in [0.15, 0.2) is 5.96 Å². The van der Waals surface area contributed by atoms with E-state index in [1.807, 2.05) is 25.6 Å². The quantitative estimate of drug-likeness (QED) is 0.309. The minimum Gasteiger partial charge on any atom is -0.357 e. The van der Waals surface area contributed by atoms with Crippen molar-refractivity contribution >= 4 is 39.8 Å². The SMILES string of the molecule is CCNC(=NCc1c(CC)nn(C)c1CC)NC(C)CCS(C)(=O)=O.I. The van der Waals surface area contributed by atoms with Crippen LogP contribution in [-0.4, -0.2) is 48.8 Å². The highest BCUT2D eigenvalue weighted by Crippen LogP contribution is 2.16. The Hall–Kier alpha value is -0.840. The maximum absolute atomic E-state index is 11.3. The van der Waals surface area contributed by atoms with Gasteiger partial charge in [0.05, 0.1) is 18.0 Å². The Labute approximate surface area is 175 Å². The zero-order valence-corrected chi connectivity index (χ0v) is 19.9. The first-order valence-corrected chi connectivity index (χ1v) is 11.0. The van der Waals surface area contributed by atoms with E-state index >= 15 is 0 Å². The summed E-state index contributed by atoms with van der Waals surface area (Å²) < 4.78 is 24.6. The number of aryl methyl sites for hydroxylation is 2. The number of sulfone groups is 1. The van der Waals surface area contributed by atoms with Crippen LogP contribution in [0, 0.1) is 0 Å². The maximum atomic E-state index is 11.3. The van der Waals surface area contributed by atoms with Crippen LogP contribution in [0.5, 0.6) is 0 Å². The second-order valence-electron chi connectivity index (χ2n) is 6.36. The minimum atomic E-state index is -2.95. The molecular formula is C17H34IN5O2S. The third-order valence-corrected chi connectivity index (χ3v) is 5.05. The molecule has 0 spiro atoms. The highest BCUT2D eigenvalue weighted by atomic mass is 127. The van der Waals surface area contributed by atoms with Crippen molar-refractivity contribution < 1.29 is 8.42 Å². The largest absolute Gasteiger partial charge is 0.357 e. The van der Waals surface area contributed by atoms with Crippen LogP contribution < -0.4 is 10.6 Å². The molecule has 0 saturated carbocycles. The summed E-state index contributed by atoms with van der Waals surface area (Å²) in [5.41, 5.74) is 3.49. The number of hydrogen-bond acceptors (Lipinski definition) is 4. The van der Waals surface area contributed by atoms with E-state index in [0.717, 1.165) is 25.1 Å². The Kier molecular flexibility index (Phi) is 11.4. The molecule has 1 rings (SSSR count). The van der Waals surface area contributed by atoms with E-state index in [4.69, 9.17) is 4.99 Å². The van der Waals surface area contributed by atoms with Gasteiger partial charge in [-0.15, -0.1) is 24.0 Å². The molecule has 1 heterocycles. The van der Waals surface area contributed by atoms with Crippen LogP contribution in [0.3, 0.4) is 0 Å². The number of guanidine groups is 1. The predicted molar refractivity (Wildman–Crippen MR) is 119 cm³/mol. The predicted octanol–water partition coefficient (Wildman–Crippen LogP) is 2.04. The average molecular weight is 499 g/mol. The van der Waals surface area contributed by atoms with E-state index in [0.29, 0.717) is 18.9 Å². The van der Waals surface area contributed by atoms with Crippen molar-refractivity contribution in [1.29, 1.82) is 0 Å². The standard InChI is InChI=1S/C17H33N5O2S.HI/c1-7-15-14(16(8-2)22(5)21-15)12-19-17(18-9-3)20-13(4)10-11-25(6,23)24;/h13H,7-12H2,1-6H3,(H2,18,19,20);1H. The van der Waals surface area contributed by atoms with Crippen LogP contribution in [0.2, 0.25) is 0 Å². The van der Waals surface area contributed by atoms with E-state index in [9.17, 15) is 8.42 Å². The van der Waals surface area contributed by atoms with Crippen molar-refractivity contribution in [2.45, 2.75) is 59.5 Å². The van der Waals surface area contributed by atoms with Crippen LogP contribution >= 0.6 is 24.0 Å². The second-order valence-corrected chi connectivity index (χ2v) is 8.62. The lowest BCUT2D eigenvalue weighted by Gasteiger charge is -2.17. The number of aromatic nitrogens is 2. The molecular weight excluding hydrogens is 465 g/mol. The molecule has 0 aromatic carbocycles. The van der Waals surface area contributed by atoms with Crippen molar-refractivity contribution in [2.75, 3.05) is 18.6 Å². The summed E-state index contributed by atoms with van der Waals surface area (Å²) in [6.45, 7) is 9.52. The van der Waals surface area contributed by atoms with E-state index < -0.39 is 9.84 Å². The van der Waals surface area contributed by atoms with E-state index in [1.165, 1.54) is 17.5 Å². The first-order chi connectivity index (χ1) is 11.7. The normalized spacial score (nSPS) is 13.2. The van der Waals surface area contributed by atoms with Crippen LogP contribution in [0.4, 0.5) is 0 Å². The Morgan fingerprint density at radius 3 is 2.42 bits per heavy atom. The summed E-state index contributed by atoms with van der Waals surface area (Å²) in [7, 11) is -0.975. The molecule has 0 aliphatic heterocycles. The summed E-state index contributed by atoms with van der Waals surface area (Å²) in [5.74, 6) is 0.875. The fraction of sp³-hybridized carbons (Fsp3) is 0.765.